The van der Waals surface area contributed by atoms with Gasteiger partial charge in [0.1, 0.15) is 6.54 Å². The molecular formula is C11H19F3N2O4S2. The van der Waals surface area contributed by atoms with Crippen molar-refractivity contribution < 1.29 is 35.7 Å². The van der Waals surface area contributed by atoms with Crippen LogP contribution in [0.5, 0.6) is 0 Å². The number of hydrogen-bond donors (Lipinski definition) is 1. The summed E-state index contributed by atoms with van der Waals surface area (Å²) in [6.45, 7) is 5.28. The Hall–Kier alpha value is -0.580. The summed E-state index contributed by atoms with van der Waals surface area (Å²) in [5, 5.41) is 11.5. The number of isothiocyanates is 1. The zero-order valence-corrected chi connectivity index (χ0v) is 13.5. The van der Waals surface area contributed by atoms with Gasteiger partial charge < -0.3 is 14.1 Å². The van der Waals surface area contributed by atoms with Crippen LogP contribution in [-0.4, -0.2) is 72.6 Å². The molecule has 0 radical (unpaired) electrons. The van der Waals surface area contributed by atoms with Crippen LogP contribution in [0.2, 0.25) is 0 Å². The first-order valence-corrected chi connectivity index (χ1v) is 8.41. The average molecular weight is 364 g/mol. The predicted molar refractivity (Wildman–Crippen MR) is 76.3 cm³/mol. The first kappa shape index (κ1) is 21.4. The number of thiocarbonyl (C=S) groups is 1. The van der Waals surface area contributed by atoms with Gasteiger partial charge in [-0.05, 0) is 31.5 Å². The largest absolute Gasteiger partial charge is 0.741 e. The van der Waals surface area contributed by atoms with E-state index in [1.54, 1.807) is 0 Å². The number of halogens is 3. The molecule has 0 amide bonds. The molecule has 0 atom stereocenters. The van der Waals surface area contributed by atoms with E-state index < -0.39 is 15.6 Å². The molecule has 1 aliphatic rings. The van der Waals surface area contributed by atoms with E-state index in [1.165, 1.54) is 32.4 Å². The van der Waals surface area contributed by atoms with Crippen LogP contribution in [-0.2, 0) is 10.1 Å². The summed E-state index contributed by atoms with van der Waals surface area (Å²) < 4.78 is 59.9. The summed E-state index contributed by atoms with van der Waals surface area (Å²) in [7, 11) is -6.09. The predicted octanol–water partition coefficient (Wildman–Crippen LogP) is 1.13. The van der Waals surface area contributed by atoms with Crippen molar-refractivity contribution in [1.82, 2.24) is 0 Å². The van der Waals surface area contributed by atoms with Crippen molar-refractivity contribution in [3.63, 3.8) is 0 Å². The zero-order chi connectivity index (χ0) is 17.3. The summed E-state index contributed by atoms with van der Waals surface area (Å²) >= 11 is 4.55. The highest BCUT2D eigenvalue weighted by molar-refractivity contribution is 7.86. The van der Waals surface area contributed by atoms with E-state index in [4.69, 9.17) is 18.1 Å². The van der Waals surface area contributed by atoms with E-state index in [2.05, 4.69) is 22.4 Å². The van der Waals surface area contributed by atoms with Crippen LogP contribution in [0.4, 0.5) is 13.2 Å². The van der Waals surface area contributed by atoms with Gasteiger partial charge in [0.15, 0.2) is 10.1 Å². The standard InChI is InChI=1S/C10H19N2OS.CHF3O3S/c13-9-8-12(7-4-11-10-14)5-2-1-3-6-12;2-1(3,4)8(5,6)7/h13H,1-9H2;(H,5,6,7)/q+1;/p-1. The zero-order valence-electron chi connectivity index (χ0n) is 11.9. The van der Waals surface area contributed by atoms with E-state index >= 15 is 0 Å². The molecule has 0 spiro atoms. The Kier molecular flexibility index (Phi) is 9.28. The van der Waals surface area contributed by atoms with Crippen LogP contribution in [0.1, 0.15) is 19.3 Å². The second-order valence-electron chi connectivity index (χ2n) is 4.89. The molecule has 22 heavy (non-hydrogen) atoms. The third-order valence-corrected chi connectivity index (χ3v) is 4.07. The molecule has 1 saturated heterocycles. The minimum atomic E-state index is -6.09. The molecule has 1 rings (SSSR count). The molecule has 0 aromatic rings. The van der Waals surface area contributed by atoms with Crippen molar-refractivity contribution in [3.05, 3.63) is 0 Å². The number of hydrogen-bond acceptors (Lipinski definition) is 6. The topological polar surface area (TPSA) is 89.8 Å². The number of rotatable bonds is 5. The van der Waals surface area contributed by atoms with Crippen molar-refractivity contribution in [3.8, 4) is 0 Å². The highest BCUT2D eigenvalue weighted by atomic mass is 32.2. The van der Waals surface area contributed by atoms with Gasteiger partial charge in [0.05, 0.1) is 37.9 Å². The molecule has 0 bridgehead atoms. The fourth-order valence-corrected chi connectivity index (χ4v) is 2.35. The van der Waals surface area contributed by atoms with Crippen molar-refractivity contribution in [2.45, 2.75) is 24.8 Å². The number of quaternary nitrogens is 1. The van der Waals surface area contributed by atoms with Crippen molar-refractivity contribution in [1.29, 1.82) is 0 Å². The fourth-order valence-electron chi connectivity index (χ4n) is 2.26. The van der Waals surface area contributed by atoms with Crippen molar-refractivity contribution in [2.75, 3.05) is 39.3 Å². The minimum Gasteiger partial charge on any atom is -0.741 e. The second kappa shape index (κ2) is 9.53. The molecule has 1 fully saturated rings. The van der Waals surface area contributed by atoms with E-state index in [0.29, 0.717) is 0 Å². The number of nitrogens with zero attached hydrogens (tertiary/aromatic N) is 2. The quantitative estimate of drug-likeness (QED) is 0.260. The molecule has 1 heterocycles. The number of aliphatic hydroxyl groups is 1. The van der Waals surface area contributed by atoms with Gasteiger partial charge in [-0.25, -0.2) is 13.4 Å². The SMILES string of the molecule is O=S(=O)([O-])C(F)(F)F.OCC[N+]1(CCN=C=S)CCCCC1. The molecular weight excluding hydrogens is 345 g/mol. The van der Waals surface area contributed by atoms with Crippen LogP contribution in [0, 0.1) is 0 Å². The van der Waals surface area contributed by atoms with Crippen LogP contribution in [0.3, 0.4) is 0 Å². The highest BCUT2D eigenvalue weighted by Gasteiger charge is 2.36. The van der Waals surface area contributed by atoms with Gasteiger partial charge in [-0.2, -0.15) is 13.2 Å². The van der Waals surface area contributed by atoms with Crippen molar-refractivity contribution in [2.24, 2.45) is 4.99 Å². The van der Waals surface area contributed by atoms with Gasteiger partial charge in [0, 0.05) is 0 Å². The Labute approximate surface area is 133 Å². The molecule has 0 saturated carbocycles. The first-order valence-electron chi connectivity index (χ1n) is 6.60. The fraction of sp³-hybridized carbons (Fsp3) is 0.909. The summed E-state index contributed by atoms with van der Waals surface area (Å²) in [4.78, 5) is 3.96. The average Bonchev–Trinajstić information content (AvgIpc) is 2.39. The smallest absolute Gasteiger partial charge is 0.485 e. The van der Waals surface area contributed by atoms with Crippen LogP contribution < -0.4 is 0 Å². The van der Waals surface area contributed by atoms with Gasteiger partial charge in [-0.1, -0.05) is 0 Å². The number of aliphatic hydroxyl groups excluding tert-OH is 1. The lowest BCUT2D eigenvalue weighted by Gasteiger charge is -2.40. The third kappa shape index (κ3) is 8.16. The maximum absolute atomic E-state index is 10.7. The molecule has 0 aliphatic carbocycles. The molecule has 0 aromatic carbocycles. The van der Waals surface area contributed by atoms with Gasteiger partial charge in [0.2, 0.25) is 0 Å². The first-order chi connectivity index (χ1) is 10.1. The lowest BCUT2D eigenvalue weighted by molar-refractivity contribution is -0.931. The third-order valence-electron chi connectivity index (χ3n) is 3.37. The molecule has 11 heteroatoms. The minimum absolute atomic E-state index is 0.279. The Balaban J connectivity index is 0.000000472. The van der Waals surface area contributed by atoms with Crippen LogP contribution in [0.15, 0.2) is 4.99 Å². The monoisotopic (exact) mass is 364 g/mol. The van der Waals surface area contributed by atoms with E-state index in [0.717, 1.165) is 24.1 Å². The molecule has 1 aliphatic heterocycles. The van der Waals surface area contributed by atoms with Gasteiger partial charge >= 0.3 is 5.51 Å². The molecule has 0 aromatic heterocycles. The van der Waals surface area contributed by atoms with E-state index in [1.807, 2.05) is 0 Å². The summed E-state index contributed by atoms with van der Waals surface area (Å²) in [6, 6.07) is 0. The maximum Gasteiger partial charge on any atom is 0.485 e. The Morgan fingerprint density at radius 2 is 1.73 bits per heavy atom. The van der Waals surface area contributed by atoms with Gasteiger partial charge in [0.25, 0.3) is 0 Å². The van der Waals surface area contributed by atoms with E-state index in [9.17, 15) is 13.2 Å². The Bertz CT molecular complexity index is 465. The second-order valence-corrected chi connectivity index (χ2v) is 6.45. The summed E-state index contributed by atoms with van der Waals surface area (Å²) in [5.74, 6) is 0. The van der Waals surface area contributed by atoms with Crippen molar-refractivity contribution >= 4 is 27.5 Å². The summed E-state index contributed by atoms with van der Waals surface area (Å²) in [5.41, 5.74) is -5.65. The summed E-state index contributed by atoms with van der Waals surface area (Å²) in [6.07, 6.45) is 3.89. The Morgan fingerprint density at radius 3 is 2.09 bits per heavy atom. The lowest BCUT2D eigenvalue weighted by Crippen LogP contribution is -2.54. The number of piperidine rings is 1. The lowest BCUT2D eigenvalue weighted by atomic mass is 10.1. The normalized spacial score (nSPS) is 17.9. The van der Waals surface area contributed by atoms with E-state index in [-0.39, 0.29) is 6.61 Å². The van der Waals surface area contributed by atoms with Gasteiger partial charge in [-0.3, -0.25) is 0 Å². The molecule has 130 valence electrons. The number of likely N-dealkylation sites (tertiary alicyclic amines) is 1. The van der Waals surface area contributed by atoms with Gasteiger partial charge in [-0.15, -0.1) is 0 Å². The maximum atomic E-state index is 10.7. The Morgan fingerprint density at radius 1 is 1.23 bits per heavy atom. The molecule has 0 unspecified atom stereocenters. The number of aliphatic imine (C=N–C) groups is 1. The van der Waals surface area contributed by atoms with Crippen LogP contribution in [0.25, 0.3) is 0 Å². The highest BCUT2D eigenvalue weighted by Crippen LogP contribution is 2.20. The number of alkyl halides is 3. The molecule has 1 N–H and O–H groups in total. The molecule has 6 nitrogen and oxygen atoms in total. The van der Waals surface area contributed by atoms with Crippen LogP contribution >= 0.6 is 12.2 Å².